The summed E-state index contributed by atoms with van der Waals surface area (Å²) in [5.41, 5.74) is -0.772. The van der Waals surface area contributed by atoms with Crippen LogP contribution in [0.15, 0.2) is 18.3 Å². The number of rotatable bonds is 4. The summed E-state index contributed by atoms with van der Waals surface area (Å²) in [7, 11) is 0. The predicted octanol–water partition coefficient (Wildman–Crippen LogP) is -0.314. The minimum absolute atomic E-state index is 0.0169. The molecule has 3 rings (SSSR count). The summed E-state index contributed by atoms with van der Waals surface area (Å²) in [6.07, 6.45) is -6.30. The first-order valence-electron chi connectivity index (χ1n) is 8.88. The van der Waals surface area contributed by atoms with Gasteiger partial charge in [-0.15, -0.1) is 0 Å². The lowest BCUT2D eigenvalue weighted by Gasteiger charge is -2.44. The SMILES string of the molecule is OC[C@H]1[C@@H](O)[C@H](O)[C@@H](O)CN1CC1CCN(c2ncccc2C(F)(F)F)C1. The Morgan fingerprint density at radius 3 is 2.56 bits per heavy atom. The summed E-state index contributed by atoms with van der Waals surface area (Å²) < 4.78 is 39.6. The van der Waals surface area contributed by atoms with Crippen LogP contribution >= 0.6 is 0 Å². The number of pyridine rings is 1. The van der Waals surface area contributed by atoms with Crippen molar-refractivity contribution in [2.24, 2.45) is 5.92 Å². The van der Waals surface area contributed by atoms with Crippen molar-refractivity contribution in [1.29, 1.82) is 0 Å². The van der Waals surface area contributed by atoms with Crippen LogP contribution in [0.2, 0.25) is 0 Å². The Balaban J connectivity index is 1.69. The maximum Gasteiger partial charge on any atom is 0.419 e. The summed E-state index contributed by atoms with van der Waals surface area (Å²) >= 11 is 0. The third-order valence-corrected chi connectivity index (χ3v) is 5.39. The van der Waals surface area contributed by atoms with E-state index >= 15 is 0 Å². The number of anilines is 1. The number of nitrogens with zero attached hydrogens (tertiary/aromatic N) is 3. The first kappa shape index (κ1) is 20.3. The van der Waals surface area contributed by atoms with Gasteiger partial charge in [0.15, 0.2) is 0 Å². The van der Waals surface area contributed by atoms with E-state index < -0.39 is 36.1 Å². The smallest absolute Gasteiger partial charge is 0.395 e. The molecule has 5 atom stereocenters. The Hall–Kier alpha value is -1.46. The van der Waals surface area contributed by atoms with Crippen LogP contribution in [0, 0.1) is 5.92 Å². The lowest BCUT2D eigenvalue weighted by Crippen LogP contribution is -2.63. The van der Waals surface area contributed by atoms with Gasteiger partial charge in [0.25, 0.3) is 0 Å². The van der Waals surface area contributed by atoms with Gasteiger partial charge in [-0.25, -0.2) is 4.98 Å². The standard InChI is InChI=1S/C17H24F3N3O4/c18-17(19,20)11-2-1-4-21-16(11)22-5-3-10(6-22)7-23-8-13(25)15(27)14(26)12(23)9-24/h1-2,4,10,12-15,24-27H,3,5-9H2/t10?,12-,13-,14+,15+/m0/s1. The minimum Gasteiger partial charge on any atom is -0.395 e. The topological polar surface area (TPSA) is 100 Å². The Morgan fingerprint density at radius 1 is 1.15 bits per heavy atom. The molecule has 27 heavy (non-hydrogen) atoms. The van der Waals surface area contributed by atoms with E-state index in [2.05, 4.69) is 4.98 Å². The molecular weight excluding hydrogens is 367 g/mol. The number of β-amino-alcohol motifs (C(OH)–C–C–N with tert-alkyl or cyclic N) is 1. The zero-order valence-electron chi connectivity index (χ0n) is 14.6. The van der Waals surface area contributed by atoms with Gasteiger partial charge in [-0.2, -0.15) is 13.2 Å². The molecule has 2 fully saturated rings. The molecule has 7 nitrogen and oxygen atoms in total. The molecule has 2 saturated heterocycles. The highest BCUT2D eigenvalue weighted by molar-refractivity contribution is 5.49. The van der Waals surface area contributed by atoms with Crippen LogP contribution in [0.1, 0.15) is 12.0 Å². The van der Waals surface area contributed by atoms with Crippen molar-refractivity contribution in [2.45, 2.75) is 37.0 Å². The largest absolute Gasteiger partial charge is 0.419 e. The number of aliphatic hydroxyl groups excluding tert-OH is 4. The molecule has 1 aromatic heterocycles. The molecule has 0 aromatic carbocycles. The van der Waals surface area contributed by atoms with Crippen LogP contribution in [-0.4, -0.2) is 87.4 Å². The number of hydrogen-bond acceptors (Lipinski definition) is 7. The number of halogens is 3. The summed E-state index contributed by atoms with van der Waals surface area (Å²) in [6.45, 7) is 0.841. The molecule has 2 aliphatic heterocycles. The van der Waals surface area contributed by atoms with E-state index in [-0.39, 0.29) is 24.9 Å². The van der Waals surface area contributed by atoms with E-state index in [0.717, 1.165) is 6.07 Å². The van der Waals surface area contributed by atoms with Gasteiger partial charge in [0.2, 0.25) is 0 Å². The molecule has 0 radical (unpaired) electrons. The summed E-state index contributed by atoms with van der Waals surface area (Å²) in [4.78, 5) is 7.20. The molecule has 152 valence electrons. The molecule has 0 amide bonds. The molecule has 0 saturated carbocycles. The second kappa shape index (κ2) is 7.88. The first-order chi connectivity index (χ1) is 12.7. The second-order valence-corrected chi connectivity index (χ2v) is 7.23. The van der Waals surface area contributed by atoms with Crippen molar-refractivity contribution in [3.8, 4) is 0 Å². The molecule has 0 spiro atoms. The zero-order valence-corrected chi connectivity index (χ0v) is 14.6. The summed E-state index contributed by atoms with van der Waals surface area (Å²) in [5, 5.41) is 39.2. The van der Waals surface area contributed by atoms with Gasteiger partial charge in [0.05, 0.1) is 24.3 Å². The van der Waals surface area contributed by atoms with Crippen LogP contribution in [0.25, 0.3) is 0 Å². The van der Waals surface area contributed by atoms with Gasteiger partial charge >= 0.3 is 6.18 Å². The normalized spacial score (nSPS) is 32.9. The number of piperidine rings is 1. The van der Waals surface area contributed by atoms with E-state index in [1.165, 1.54) is 12.3 Å². The minimum atomic E-state index is -4.49. The van der Waals surface area contributed by atoms with E-state index in [1.807, 2.05) is 0 Å². The van der Waals surface area contributed by atoms with Crippen molar-refractivity contribution in [1.82, 2.24) is 9.88 Å². The van der Waals surface area contributed by atoms with Gasteiger partial charge in [0.1, 0.15) is 18.0 Å². The number of aromatic nitrogens is 1. The molecule has 0 bridgehead atoms. The van der Waals surface area contributed by atoms with Gasteiger partial charge < -0.3 is 25.3 Å². The molecule has 3 heterocycles. The van der Waals surface area contributed by atoms with Crippen molar-refractivity contribution >= 4 is 5.82 Å². The Labute approximate surface area is 154 Å². The van der Waals surface area contributed by atoms with E-state index in [4.69, 9.17) is 0 Å². The number of alkyl halides is 3. The maximum absolute atomic E-state index is 13.2. The van der Waals surface area contributed by atoms with Crippen LogP contribution in [0.4, 0.5) is 19.0 Å². The molecule has 10 heteroatoms. The van der Waals surface area contributed by atoms with Crippen LogP contribution in [-0.2, 0) is 6.18 Å². The Kier molecular flexibility index (Phi) is 5.92. The van der Waals surface area contributed by atoms with Gasteiger partial charge in [-0.05, 0) is 24.5 Å². The lowest BCUT2D eigenvalue weighted by molar-refractivity contribution is -0.147. The fourth-order valence-corrected chi connectivity index (χ4v) is 3.96. The molecule has 4 N–H and O–H groups in total. The average Bonchev–Trinajstić information content (AvgIpc) is 3.08. The van der Waals surface area contributed by atoms with Crippen LogP contribution < -0.4 is 4.90 Å². The van der Waals surface area contributed by atoms with Crippen molar-refractivity contribution in [3.05, 3.63) is 23.9 Å². The van der Waals surface area contributed by atoms with E-state index in [9.17, 15) is 33.6 Å². The number of hydrogen-bond donors (Lipinski definition) is 4. The zero-order chi connectivity index (χ0) is 19.8. The van der Waals surface area contributed by atoms with Gasteiger partial charge in [-0.3, -0.25) is 4.90 Å². The fraction of sp³-hybridized carbons (Fsp3) is 0.706. The highest BCUT2D eigenvalue weighted by Crippen LogP contribution is 2.37. The first-order valence-corrected chi connectivity index (χ1v) is 8.88. The van der Waals surface area contributed by atoms with Gasteiger partial charge in [-0.1, -0.05) is 0 Å². The van der Waals surface area contributed by atoms with Crippen molar-refractivity contribution in [3.63, 3.8) is 0 Å². The molecule has 2 aliphatic rings. The summed E-state index contributed by atoms with van der Waals surface area (Å²) in [5.74, 6) is -0.114. The van der Waals surface area contributed by atoms with E-state index in [0.29, 0.717) is 26.1 Å². The monoisotopic (exact) mass is 391 g/mol. The Bertz CT molecular complexity index is 648. The quantitative estimate of drug-likeness (QED) is 0.559. The van der Waals surface area contributed by atoms with Crippen LogP contribution in [0.5, 0.6) is 0 Å². The summed E-state index contributed by atoms with van der Waals surface area (Å²) in [6, 6.07) is 1.54. The maximum atomic E-state index is 13.2. The molecule has 1 unspecified atom stereocenters. The molecular formula is C17H24F3N3O4. The Morgan fingerprint density at radius 2 is 1.89 bits per heavy atom. The molecule has 1 aromatic rings. The lowest BCUT2D eigenvalue weighted by atomic mass is 9.93. The molecule has 0 aliphatic carbocycles. The fourth-order valence-electron chi connectivity index (χ4n) is 3.96. The van der Waals surface area contributed by atoms with Crippen LogP contribution in [0.3, 0.4) is 0 Å². The number of aliphatic hydroxyl groups is 4. The predicted molar refractivity (Wildman–Crippen MR) is 90.0 cm³/mol. The number of likely N-dealkylation sites (tertiary alicyclic amines) is 1. The highest BCUT2D eigenvalue weighted by Gasteiger charge is 2.43. The second-order valence-electron chi connectivity index (χ2n) is 7.23. The van der Waals surface area contributed by atoms with E-state index in [1.54, 1.807) is 9.80 Å². The van der Waals surface area contributed by atoms with Crippen molar-refractivity contribution in [2.75, 3.05) is 37.7 Å². The van der Waals surface area contributed by atoms with Gasteiger partial charge in [0, 0.05) is 32.4 Å². The van der Waals surface area contributed by atoms with Crippen molar-refractivity contribution < 1.29 is 33.6 Å². The third-order valence-electron chi connectivity index (χ3n) is 5.39. The highest BCUT2D eigenvalue weighted by atomic mass is 19.4. The average molecular weight is 391 g/mol. The third kappa shape index (κ3) is 4.19.